The largest absolute Gasteiger partial charge is 0.495 e. The Bertz CT molecular complexity index is 1560. The predicted octanol–water partition coefficient (Wildman–Crippen LogP) is 7.97. The van der Waals surface area contributed by atoms with Gasteiger partial charge in [-0.15, -0.1) is 0 Å². The number of pyridine rings is 2. The van der Waals surface area contributed by atoms with Crippen molar-refractivity contribution in [3.05, 3.63) is 54.2 Å². The zero-order valence-electron chi connectivity index (χ0n) is 30.0. The minimum absolute atomic E-state index is 0.122. The summed E-state index contributed by atoms with van der Waals surface area (Å²) in [6, 6.07) is 8.42. The number of hydrogen-bond donors (Lipinski definition) is 0. The number of piperidine rings is 1. The van der Waals surface area contributed by atoms with Crippen LogP contribution in [0.3, 0.4) is 0 Å². The highest BCUT2D eigenvalue weighted by Crippen LogP contribution is 2.38. The number of aryl methyl sites for hydroxylation is 1. The number of carbonyl (C=O) groups excluding carboxylic acids is 2. The highest BCUT2D eigenvalue weighted by molar-refractivity contribution is 5.94. The van der Waals surface area contributed by atoms with E-state index in [9.17, 15) is 9.59 Å². The van der Waals surface area contributed by atoms with Crippen LogP contribution in [0.4, 0.5) is 10.6 Å². The van der Waals surface area contributed by atoms with Gasteiger partial charge in [-0.25, -0.2) is 9.78 Å². The lowest BCUT2D eigenvalue weighted by molar-refractivity contribution is -0.124. The maximum atomic E-state index is 14.4. The van der Waals surface area contributed by atoms with Crippen LogP contribution in [0.15, 0.2) is 42.9 Å². The number of aromatic nitrogens is 4. The molecule has 3 fully saturated rings. The third-order valence-electron chi connectivity index (χ3n) is 11.1. The van der Waals surface area contributed by atoms with Crippen molar-refractivity contribution in [2.75, 3.05) is 31.6 Å². The fraction of sp³-hybridized carbons (Fsp3) is 0.615. The molecule has 10 heteroatoms. The summed E-state index contributed by atoms with van der Waals surface area (Å²) >= 11 is 0. The number of amides is 2. The van der Waals surface area contributed by atoms with E-state index in [1.165, 1.54) is 0 Å². The molecule has 49 heavy (non-hydrogen) atoms. The van der Waals surface area contributed by atoms with Gasteiger partial charge < -0.3 is 14.4 Å². The fourth-order valence-electron chi connectivity index (χ4n) is 7.78. The Morgan fingerprint density at radius 1 is 0.959 bits per heavy atom. The summed E-state index contributed by atoms with van der Waals surface area (Å²) in [5.74, 6) is 2.97. The van der Waals surface area contributed by atoms with Crippen LogP contribution < -0.4 is 9.64 Å². The van der Waals surface area contributed by atoms with Crippen molar-refractivity contribution in [1.29, 1.82) is 0 Å². The molecule has 0 radical (unpaired) electrons. The standard InChI is InChI=1S/C39H54N6O4/c1-26(2)45-25-33(23-41-45)32-16-19-40-37(22-32)44(24-29-6-8-30(9-7-29)35-14-15-36(48-5)28(4)42-35)38(46)31-10-12-34(13-11-31)49-39(47)43-20-17-27(3)18-21-43/h14-16,19,22-23,25-27,29-31,34H,6-13,17-18,20-21,24H2,1-5H3. The molecule has 0 aromatic carbocycles. The van der Waals surface area contributed by atoms with Gasteiger partial charge >= 0.3 is 6.09 Å². The monoisotopic (exact) mass is 670 g/mol. The smallest absolute Gasteiger partial charge is 0.410 e. The molecule has 0 spiro atoms. The summed E-state index contributed by atoms with van der Waals surface area (Å²) in [6.07, 6.45) is 14.5. The van der Waals surface area contributed by atoms with E-state index in [2.05, 4.69) is 38.1 Å². The normalized spacial score (nSPS) is 23.3. The Hall–Kier alpha value is -3.95. The summed E-state index contributed by atoms with van der Waals surface area (Å²) in [5.41, 5.74) is 4.07. The first kappa shape index (κ1) is 34.9. The molecule has 2 saturated carbocycles. The summed E-state index contributed by atoms with van der Waals surface area (Å²) < 4.78 is 13.3. The van der Waals surface area contributed by atoms with Gasteiger partial charge in [-0.2, -0.15) is 5.10 Å². The summed E-state index contributed by atoms with van der Waals surface area (Å²) in [4.78, 5) is 40.7. The summed E-state index contributed by atoms with van der Waals surface area (Å²) in [5, 5.41) is 4.54. The SMILES string of the molecule is COc1ccc(C2CCC(CN(C(=O)C3CCC(OC(=O)N4CCC(C)CC4)CC3)c3cc(-c4cnn(C(C)C)c4)ccn3)CC2)nc1C. The van der Waals surface area contributed by atoms with E-state index in [0.29, 0.717) is 55.8 Å². The molecule has 264 valence electrons. The van der Waals surface area contributed by atoms with E-state index in [-0.39, 0.29) is 30.1 Å². The first-order valence-electron chi connectivity index (χ1n) is 18.5. The van der Waals surface area contributed by atoms with Crippen LogP contribution in [0.1, 0.15) is 108 Å². The second kappa shape index (κ2) is 15.7. The molecule has 4 heterocycles. The summed E-state index contributed by atoms with van der Waals surface area (Å²) in [7, 11) is 1.68. The van der Waals surface area contributed by atoms with Gasteiger partial charge in [0.2, 0.25) is 5.91 Å². The molecular weight excluding hydrogens is 616 g/mol. The molecule has 3 aliphatic rings. The van der Waals surface area contributed by atoms with E-state index in [1.807, 2.05) is 52.0 Å². The molecule has 1 aliphatic heterocycles. The Balaban J connectivity index is 1.14. The zero-order valence-corrected chi connectivity index (χ0v) is 30.0. The number of nitrogens with zero attached hydrogens (tertiary/aromatic N) is 6. The Morgan fingerprint density at radius 3 is 2.35 bits per heavy atom. The van der Waals surface area contributed by atoms with Gasteiger partial charge in [-0.05, 0) is 127 Å². The lowest BCUT2D eigenvalue weighted by atomic mass is 9.79. The zero-order chi connectivity index (χ0) is 34.5. The Labute approximate surface area is 291 Å². The number of carbonyl (C=O) groups is 2. The van der Waals surface area contributed by atoms with Gasteiger partial charge in [-0.1, -0.05) is 6.92 Å². The van der Waals surface area contributed by atoms with Gasteiger partial charge in [-0.3, -0.25) is 19.4 Å². The predicted molar refractivity (Wildman–Crippen MR) is 191 cm³/mol. The number of rotatable bonds is 9. The number of ether oxygens (including phenoxy) is 2. The minimum Gasteiger partial charge on any atom is -0.495 e. The second-order valence-corrected chi connectivity index (χ2v) is 14.9. The number of anilines is 1. The maximum absolute atomic E-state index is 14.4. The topological polar surface area (TPSA) is 103 Å². The quantitative estimate of drug-likeness (QED) is 0.228. The number of likely N-dealkylation sites (tertiary alicyclic amines) is 1. The molecule has 1 saturated heterocycles. The van der Waals surface area contributed by atoms with Crippen LogP contribution in [-0.4, -0.2) is 69.5 Å². The Kier molecular flexibility index (Phi) is 11.2. The minimum atomic E-state index is -0.194. The van der Waals surface area contributed by atoms with Crippen LogP contribution in [0.25, 0.3) is 11.1 Å². The third-order valence-corrected chi connectivity index (χ3v) is 11.1. The maximum Gasteiger partial charge on any atom is 0.410 e. The van der Waals surface area contributed by atoms with E-state index in [4.69, 9.17) is 19.4 Å². The van der Waals surface area contributed by atoms with E-state index >= 15 is 0 Å². The molecule has 0 unspecified atom stereocenters. The highest BCUT2D eigenvalue weighted by Gasteiger charge is 2.35. The van der Waals surface area contributed by atoms with Crippen molar-refractivity contribution in [3.63, 3.8) is 0 Å². The lowest BCUT2D eigenvalue weighted by Gasteiger charge is -2.36. The van der Waals surface area contributed by atoms with Crippen molar-refractivity contribution in [2.24, 2.45) is 17.8 Å². The van der Waals surface area contributed by atoms with Crippen LogP contribution in [0.2, 0.25) is 0 Å². The van der Waals surface area contributed by atoms with E-state index < -0.39 is 0 Å². The molecule has 10 nitrogen and oxygen atoms in total. The molecule has 2 aliphatic carbocycles. The van der Waals surface area contributed by atoms with Gasteiger partial charge in [0.05, 0.1) is 19.0 Å². The van der Waals surface area contributed by atoms with Crippen molar-refractivity contribution in [3.8, 4) is 16.9 Å². The number of hydrogen-bond acceptors (Lipinski definition) is 7. The van der Waals surface area contributed by atoms with E-state index in [0.717, 1.165) is 79.9 Å². The van der Waals surface area contributed by atoms with Crippen LogP contribution >= 0.6 is 0 Å². The molecule has 0 atom stereocenters. The molecule has 6 rings (SSSR count). The third kappa shape index (κ3) is 8.44. The number of methoxy groups -OCH3 is 1. The second-order valence-electron chi connectivity index (χ2n) is 14.9. The molecule has 3 aromatic rings. The Morgan fingerprint density at radius 2 is 1.69 bits per heavy atom. The molecular formula is C39H54N6O4. The molecule has 0 N–H and O–H groups in total. The van der Waals surface area contributed by atoms with Crippen molar-refractivity contribution >= 4 is 17.8 Å². The van der Waals surface area contributed by atoms with E-state index in [1.54, 1.807) is 7.11 Å². The van der Waals surface area contributed by atoms with Crippen molar-refractivity contribution in [2.45, 2.75) is 110 Å². The average Bonchev–Trinajstić information content (AvgIpc) is 3.63. The highest BCUT2D eigenvalue weighted by atomic mass is 16.6. The van der Waals surface area contributed by atoms with Crippen LogP contribution in [0.5, 0.6) is 5.75 Å². The fourth-order valence-corrected chi connectivity index (χ4v) is 7.78. The van der Waals surface area contributed by atoms with Gasteiger partial charge in [0.25, 0.3) is 0 Å². The van der Waals surface area contributed by atoms with Gasteiger partial charge in [0, 0.05) is 61.2 Å². The van der Waals surface area contributed by atoms with Crippen LogP contribution in [-0.2, 0) is 9.53 Å². The summed E-state index contributed by atoms with van der Waals surface area (Å²) in [6.45, 7) is 10.6. The first-order valence-corrected chi connectivity index (χ1v) is 18.5. The first-order chi connectivity index (χ1) is 23.7. The van der Waals surface area contributed by atoms with Crippen LogP contribution in [0, 0.1) is 24.7 Å². The lowest BCUT2D eigenvalue weighted by Crippen LogP contribution is -2.43. The molecule has 3 aromatic heterocycles. The molecule has 0 bridgehead atoms. The van der Waals surface area contributed by atoms with Crippen molar-refractivity contribution < 1.29 is 19.1 Å². The average molecular weight is 671 g/mol. The van der Waals surface area contributed by atoms with Crippen molar-refractivity contribution in [1.82, 2.24) is 24.6 Å². The van der Waals surface area contributed by atoms with Gasteiger partial charge in [0.15, 0.2) is 0 Å². The van der Waals surface area contributed by atoms with Gasteiger partial charge in [0.1, 0.15) is 17.7 Å². The molecule has 2 amide bonds.